The van der Waals surface area contributed by atoms with Gasteiger partial charge in [-0.15, -0.1) is 0 Å². The molecule has 0 unspecified atom stereocenters. The fourth-order valence-corrected chi connectivity index (χ4v) is 2.79. The van der Waals surface area contributed by atoms with Gasteiger partial charge in [-0.05, 0) is 37.0 Å². The minimum Gasteiger partial charge on any atom is -0.481 e. The maximum Gasteiger partial charge on any atom is 0.303 e. The topological polar surface area (TPSA) is 57.6 Å². The largest absolute Gasteiger partial charge is 0.481 e. The van der Waals surface area contributed by atoms with Crippen LogP contribution in [0.3, 0.4) is 0 Å². The molecular weight excluding hydrogens is 310 g/mol. The molecule has 1 aliphatic rings. The Hall–Kier alpha value is -1.36. The van der Waals surface area contributed by atoms with Gasteiger partial charge in [0.1, 0.15) is 0 Å². The monoisotopic (exact) mass is 325 g/mol. The molecule has 5 heteroatoms. The number of hydrogen-bond donors (Lipinski definition) is 1. The summed E-state index contributed by atoms with van der Waals surface area (Å²) in [6.07, 6.45) is 1.75. The Morgan fingerprint density at radius 1 is 1.32 bits per heavy atom. The summed E-state index contributed by atoms with van der Waals surface area (Å²) in [6, 6.07) is 7.34. The number of aliphatic carboxylic acids is 1. The second kappa shape index (κ2) is 6.19. The van der Waals surface area contributed by atoms with Gasteiger partial charge in [-0.3, -0.25) is 9.59 Å². The zero-order valence-electron chi connectivity index (χ0n) is 10.5. The summed E-state index contributed by atoms with van der Waals surface area (Å²) in [4.78, 5) is 24.7. The van der Waals surface area contributed by atoms with E-state index in [-0.39, 0.29) is 18.2 Å². The first-order valence-corrected chi connectivity index (χ1v) is 7.12. The summed E-state index contributed by atoms with van der Waals surface area (Å²) in [6.45, 7) is 1.28. The van der Waals surface area contributed by atoms with E-state index in [0.717, 1.165) is 17.3 Å². The molecule has 4 nitrogen and oxygen atoms in total. The molecule has 1 amide bonds. The van der Waals surface area contributed by atoms with Gasteiger partial charge in [0.15, 0.2) is 0 Å². The van der Waals surface area contributed by atoms with Gasteiger partial charge < -0.3 is 10.0 Å². The van der Waals surface area contributed by atoms with E-state index >= 15 is 0 Å². The molecule has 0 aromatic heterocycles. The van der Waals surface area contributed by atoms with Crippen molar-refractivity contribution in [1.29, 1.82) is 0 Å². The highest BCUT2D eigenvalue weighted by atomic mass is 79.9. The Balaban J connectivity index is 1.94. The van der Waals surface area contributed by atoms with Crippen LogP contribution in [-0.2, 0) is 4.79 Å². The number of amides is 1. The quantitative estimate of drug-likeness (QED) is 0.929. The molecule has 1 heterocycles. The predicted octanol–water partition coefficient (Wildman–Crippen LogP) is 2.78. The minimum absolute atomic E-state index is 0.0232. The van der Waals surface area contributed by atoms with E-state index in [1.807, 2.05) is 18.2 Å². The first-order chi connectivity index (χ1) is 9.06. The van der Waals surface area contributed by atoms with Crippen molar-refractivity contribution in [3.05, 3.63) is 34.3 Å². The van der Waals surface area contributed by atoms with Gasteiger partial charge >= 0.3 is 5.97 Å². The van der Waals surface area contributed by atoms with Crippen LogP contribution >= 0.6 is 15.9 Å². The summed E-state index contributed by atoms with van der Waals surface area (Å²) < 4.78 is 0.888. The Morgan fingerprint density at radius 2 is 2.00 bits per heavy atom. The molecule has 0 saturated carbocycles. The lowest BCUT2D eigenvalue weighted by Crippen LogP contribution is -2.38. The van der Waals surface area contributed by atoms with Crippen molar-refractivity contribution in [1.82, 2.24) is 4.90 Å². The van der Waals surface area contributed by atoms with Gasteiger partial charge in [-0.2, -0.15) is 0 Å². The van der Waals surface area contributed by atoms with Crippen LogP contribution in [0.15, 0.2) is 28.7 Å². The van der Waals surface area contributed by atoms with Gasteiger partial charge in [0.05, 0.1) is 0 Å². The average Bonchev–Trinajstić information content (AvgIpc) is 2.38. The zero-order valence-corrected chi connectivity index (χ0v) is 12.1. The molecule has 19 heavy (non-hydrogen) atoms. The third-order valence-corrected chi connectivity index (χ3v) is 3.93. The van der Waals surface area contributed by atoms with Gasteiger partial charge in [0.2, 0.25) is 0 Å². The van der Waals surface area contributed by atoms with Crippen molar-refractivity contribution in [3.63, 3.8) is 0 Å². The highest BCUT2D eigenvalue weighted by Crippen LogP contribution is 2.22. The van der Waals surface area contributed by atoms with Crippen LogP contribution in [0.5, 0.6) is 0 Å². The lowest BCUT2D eigenvalue weighted by molar-refractivity contribution is -0.138. The van der Waals surface area contributed by atoms with Crippen LogP contribution in [0.25, 0.3) is 0 Å². The number of nitrogens with zero attached hydrogens (tertiary/aromatic N) is 1. The number of likely N-dealkylation sites (tertiary alicyclic amines) is 1. The molecule has 1 fully saturated rings. The summed E-state index contributed by atoms with van der Waals surface area (Å²) in [7, 11) is 0. The molecular formula is C14H16BrNO3. The number of carbonyl (C=O) groups excluding carboxylic acids is 1. The number of benzene rings is 1. The van der Waals surface area contributed by atoms with E-state index in [1.165, 1.54) is 0 Å². The SMILES string of the molecule is O=C(O)CC1CCN(C(=O)c2cccc(Br)c2)CC1. The van der Waals surface area contributed by atoms with Gasteiger partial charge in [0.25, 0.3) is 5.91 Å². The first kappa shape index (κ1) is 14.1. The summed E-state index contributed by atoms with van der Waals surface area (Å²) in [5.74, 6) is -0.532. The lowest BCUT2D eigenvalue weighted by Gasteiger charge is -2.31. The molecule has 2 rings (SSSR count). The highest BCUT2D eigenvalue weighted by Gasteiger charge is 2.24. The summed E-state index contributed by atoms with van der Waals surface area (Å²) in [5.41, 5.74) is 0.672. The smallest absolute Gasteiger partial charge is 0.303 e. The number of carboxylic acids is 1. The molecule has 1 N–H and O–H groups in total. The second-order valence-electron chi connectivity index (χ2n) is 4.84. The molecule has 0 spiro atoms. The first-order valence-electron chi connectivity index (χ1n) is 6.33. The fraction of sp³-hybridized carbons (Fsp3) is 0.429. The Bertz CT molecular complexity index is 481. The van der Waals surface area contributed by atoms with E-state index in [4.69, 9.17) is 5.11 Å². The molecule has 102 valence electrons. The van der Waals surface area contributed by atoms with E-state index in [1.54, 1.807) is 11.0 Å². The summed E-state index contributed by atoms with van der Waals surface area (Å²) in [5, 5.41) is 8.76. The van der Waals surface area contributed by atoms with Crippen molar-refractivity contribution in [2.24, 2.45) is 5.92 Å². The molecule has 0 bridgehead atoms. The highest BCUT2D eigenvalue weighted by molar-refractivity contribution is 9.10. The molecule has 1 aromatic carbocycles. The van der Waals surface area contributed by atoms with Crippen molar-refractivity contribution in [3.8, 4) is 0 Å². The number of halogens is 1. The predicted molar refractivity (Wildman–Crippen MR) is 75.0 cm³/mol. The fourth-order valence-electron chi connectivity index (χ4n) is 2.39. The second-order valence-corrected chi connectivity index (χ2v) is 5.76. The molecule has 1 saturated heterocycles. The third-order valence-electron chi connectivity index (χ3n) is 3.44. The van der Waals surface area contributed by atoms with Crippen LogP contribution in [0.4, 0.5) is 0 Å². The molecule has 0 aliphatic carbocycles. The van der Waals surface area contributed by atoms with Gasteiger partial charge in [0, 0.05) is 29.5 Å². The van der Waals surface area contributed by atoms with E-state index in [2.05, 4.69) is 15.9 Å². The van der Waals surface area contributed by atoms with Crippen molar-refractivity contribution >= 4 is 27.8 Å². The Morgan fingerprint density at radius 3 is 2.58 bits per heavy atom. The molecule has 0 atom stereocenters. The Labute approximate surface area is 120 Å². The maximum absolute atomic E-state index is 12.3. The molecule has 0 radical (unpaired) electrons. The van der Waals surface area contributed by atoms with Crippen LogP contribution in [0, 0.1) is 5.92 Å². The molecule has 1 aliphatic heterocycles. The van der Waals surface area contributed by atoms with Crippen LogP contribution in [0.1, 0.15) is 29.6 Å². The normalized spacial score (nSPS) is 16.4. The van der Waals surface area contributed by atoms with Gasteiger partial charge in [-0.1, -0.05) is 22.0 Å². The maximum atomic E-state index is 12.3. The van der Waals surface area contributed by atoms with Crippen LogP contribution < -0.4 is 0 Å². The van der Waals surface area contributed by atoms with Crippen molar-refractivity contribution in [2.45, 2.75) is 19.3 Å². The number of hydrogen-bond acceptors (Lipinski definition) is 2. The number of carbonyl (C=O) groups is 2. The number of piperidine rings is 1. The lowest BCUT2D eigenvalue weighted by atomic mass is 9.93. The number of rotatable bonds is 3. The zero-order chi connectivity index (χ0) is 13.8. The Kier molecular flexibility index (Phi) is 4.58. The standard InChI is InChI=1S/C14H16BrNO3/c15-12-3-1-2-11(9-12)14(19)16-6-4-10(5-7-16)8-13(17)18/h1-3,9-10H,4-8H2,(H,17,18). The van der Waals surface area contributed by atoms with Crippen molar-refractivity contribution in [2.75, 3.05) is 13.1 Å². The molecule has 1 aromatic rings. The van der Waals surface area contributed by atoms with E-state index < -0.39 is 5.97 Å². The van der Waals surface area contributed by atoms with Crippen LogP contribution in [0.2, 0.25) is 0 Å². The summed E-state index contributed by atoms with van der Waals surface area (Å²) >= 11 is 3.36. The van der Waals surface area contributed by atoms with Gasteiger partial charge in [-0.25, -0.2) is 0 Å². The van der Waals surface area contributed by atoms with E-state index in [9.17, 15) is 9.59 Å². The van der Waals surface area contributed by atoms with Crippen LogP contribution in [-0.4, -0.2) is 35.0 Å². The number of carboxylic acid groups (broad SMARTS) is 1. The van der Waals surface area contributed by atoms with E-state index in [0.29, 0.717) is 18.7 Å². The minimum atomic E-state index is -0.753. The van der Waals surface area contributed by atoms with Crippen molar-refractivity contribution < 1.29 is 14.7 Å². The average molecular weight is 326 g/mol. The third kappa shape index (κ3) is 3.80.